The summed E-state index contributed by atoms with van der Waals surface area (Å²) in [7, 11) is 1.48. The standard InChI is InChI=1S/C27H23BrN2O5/c1-17(20-8-4-3-5-9-20)30-26(31)22(15-29)12-19-13-23(28)25(24(14-19)34-2)35-16-18-7-6-10-21(11-18)27(32)33/h3-14,17H,16H2,1-2H3,(H,30,31)(H,32,33)/b22-12-/t17-/m0/s1. The van der Waals surface area contributed by atoms with E-state index in [4.69, 9.17) is 14.6 Å². The molecule has 0 aliphatic rings. The molecule has 3 rings (SSSR count). The maximum Gasteiger partial charge on any atom is 0.335 e. The van der Waals surface area contributed by atoms with Crippen molar-refractivity contribution in [3.05, 3.63) is 99.0 Å². The first-order valence-corrected chi connectivity index (χ1v) is 11.4. The van der Waals surface area contributed by atoms with E-state index in [1.54, 1.807) is 24.3 Å². The molecule has 1 amide bonds. The Morgan fingerprint density at radius 2 is 1.89 bits per heavy atom. The first kappa shape index (κ1) is 25.5. The van der Waals surface area contributed by atoms with Gasteiger partial charge in [0.1, 0.15) is 18.2 Å². The van der Waals surface area contributed by atoms with Crippen molar-refractivity contribution in [3.63, 3.8) is 0 Å². The van der Waals surface area contributed by atoms with Gasteiger partial charge < -0.3 is 19.9 Å². The summed E-state index contributed by atoms with van der Waals surface area (Å²) in [5.74, 6) is -0.712. The molecule has 0 saturated carbocycles. The van der Waals surface area contributed by atoms with Crippen LogP contribution in [0.3, 0.4) is 0 Å². The van der Waals surface area contributed by atoms with Gasteiger partial charge >= 0.3 is 5.97 Å². The predicted molar refractivity (Wildman–Crippen MR) is 135 cm³/mol. The third-order valence-corrected chi connectivity index (χ3v) is 5.72. The van der Waals surface area contributed by atoms with E-state index in [0.29, 0.717) is 27.1 Å². The van der Waals surface area contributed by atoms with E-state index < -0.39 is 11.9 Å². The molecule has 8 heteroatoms. The number of carbonyl (C=O) groups is 2. The van der Waals surface area contributed by atoms with Crippen molar-refractivity contribution in [3.8, 4) is 17.6 Å². The van der Waals surface area contributed by atoms with E-state index in [1.165, 1.54) is 25.3 Å². The summed E-state index contributed by atoms with van der Waals surface area (Å²) in [6.07, 6.45) is 1.47. The van der Waals surface area contributed by atoms with Crippen LogP contribution in [0.4, 0.5) is 0 Å². The van der Waals surface area contributed by atoms with Gasteiger partial charge in [-0.15, -0.1) is 0 Å². The molecule has 1 atom stereocenters. The normalized spacial score (nSPS) is 11.8. The fourth-order valence-corrected chi connectivity index (χ4v) is 3.90. The molecule has 35 heavy (non-hydrogen) atoms. The van der Waals surface area contributed by atoms with Crippen molar-refractivity contribution in [2.75, 3.05) is 7.11 Å². The van der Waals surface area contributed by atoms with Crippen molar-refractivity contribution in [1.29, 1.82) is 5.26 Å². The van der Waals surface area contributed by atoms with Crippen LogP contribution in [0.2, 0.25) is 0 Å². The zero-order valence-corrected chi connectivity index (χ0v) is 20.7. The van der Waals surface area contributed by atoms with E-state index in [-0.39, 0.29) is 23.8 Å². The number of methoxy groups -OCH3 is 1. The Hall–Kier alpha value is -4.09. The number of hydrogen-bond acceptors (Lipinski definition) is 5. The van der Waals surface area contributed by atoms with Crippen molar-refractivity contribution >= 4 is 33.9 Å². The zero-order chi connectivity index (χ0) is 25.4. The highest BCUT2D eigenvalue weighted by molar-refractivity contribution is 9.10. The van der Waals surface area contributed by atoms with Crippen LogP contribution in [0, 0.1) is 11.3 Å². The Kier molecular flexibility index (Phi) is 8.65. The number of rotatable bonds is 9. The lowest BCUT2D eigenvalue weighted by atomic mass is 10.1. The summed E-state index contributed by atoms with van der Waals surface area (Å²) in [5.41, 5.74) is 2.28. The van der Waals surface area contributed by atoms with Crippen molar-refractivity contribution in [2.24, 2.45) is 0 Å². The largest absolute Gasteiger partial charge is 0.493 e. The molecule has 0 bridgehead atoms. The fourth-order valence-electron chi connectivity index (χ4n) is 3.33. The van der Waals surface area contributed by atoms with Gasteiger partial charge in [-0.2, -0.15) is 5.26 Å². The quantitative estimate of drug-likeness (QED) is 0.276. The number of benzene rings is 3. The van der Waals surface area contributed by atoms with E-state index >= 15 is 0 Å². The Bertz CT molecular complexity index is 1300. The monoisotopic (exact) mass is 534 g/mol. The van der Waals surface area contributed by atoms with Crippen molar-refractivity contribution in [1.82, 2.24) is 5.32 Å². The SMILES string of the molecule is COc1cc(/C=C(/C#N)C(=O)N[C@@H](C)c2ccccc2)cc(Br)c1OCc1cccc(C(=O)O)c1. The molecule has 0 aromatic heterocycles. The number of nitrogens with one attached hydrogen (secondary N) is 1. The van der Waals surface area contributed by atoms with Gasteiger partial charge in [-0.05, 0) is 69.9 Å². The van der Waals surface area contributed by atoms with Crippen LogP contribution in [0.5, 0.6) is 11.5 Å². The van der Waals surface area contributed by atoms with Crippen LogP contribution >= 0.6 is 15.9 Å². The molecule has 0 heterocycles. The molecular weight excluding hydrogens is 512 g/mol. The van der Waals surface area contributed by atoms with Crippen LogP contribution in [0.1, 0.15) is 40.0 Å². The summed E-state index contributed by atoms with van der Waals surface area (Å²) >= 11 is 3.46. The second kappa shape index (κ2) is 11.9. The van der Waals surface area contributed by atoms with Crippen LogP contribution in [0.15, 0.2) is 76.8 Å². The number of aromatic carboxylic acids is 1. The topological polar surface area (TPSA) is 109 Å². The highest BCUT2D eigenvalue weighted by Crippen LogP contribution is 2.38. The van der Waals surface area contributed by atoms with E-state index in [9.17, 15) is 14.9 Å². The number of halogens is 1. The smallest absolute Gasteiger partial charge is 0.335 e. The molecule has 0 unspecified atom stereocenters. The Balaban J connectivity index is 1.79. The van der Waals surface area contributed by atoms with Gasteiger partial charge in [0.05, 0.1) is 23.2 Å². The molecule has 0 aliphatic carbocycles. The molecule has 7 nitrogen and oxygen atoms in total. The van der Waals surface area contributed by atoms with E-state index in [0.717, 1.165) is 5.56 Å². The Morgan fingerprint density at radius 1 is 1.14 bits per heavy atom. The van der Waals surface area contributed by atoms with Gasteiger partial charge in [-0.25, -0.2) is 4.79 Å². The van der Waals surface area contributed by atoms with Crippen LogP contribution in [-0.4, -0.2) is 24.1 Å². The Labute approximate surface area is 211 Å². The highest BCUT2D eigenvalue weighted by atomic mass is 79.9. The van der Waals surface area contributed by atoms with Crippen LogP contribution in [-0.2, 0) is 11.4 Å². The maximum atomic E-state index is 12.7. The maximum absolute atomic E-state index is 12.7. The lowest BCUT2D eigenvalue weighted by Crippen LogP contribution is -2.27. The number of carboxylic acids is 1. The van der Waals surface area contributed by atoms with Gasteiger partial charge in [0.2, 0.25) is 0 Å². The van der Waals surface area contributed by atoms with Gasteiger partial charge in [0, 0.05) is 0 Å². The minimum atomic E-state index is -1.02. The molecule has 3 aromatic rings. The summed E-state index contributed by atoms with van der Waals surface area (Å²) in [6.45, 7) is 1.97. The zero-order valence-electron chi connectivity index (χ0n) is 19.1. The number of carbonyl (C=O) groups excluding carboxylic acids is 1. The molecule has 178 valence electrons. The van der Waals surface area contributed by atoms with Crippen LogP contribution in [0.25, 0.3) is 6.08 Å². The number of carboxylic acid groups (broad SMARTS) is 1. The third-order valence-electron chi connectivity index (χ3n) is 5.13. The molecular formula is C27H23BrN2O5. The third kappa shape index (κ3) is 6.71. The summed E-state index contributed by atoms with van der Waals surface area (Å²) in [6, 6.07) is 21.0. The summed E-state index contributed by atoms with van der Waals surface area (Å²) < 4.78 is 11.9. The molecule has 0 fully saturated rings. The second-order valence-corrected chi connectivity index (χ2v) is 8.46. The van der Waals surface area contributed by atoms with Gasteiger partial charge in [0.25, 0.3) is 5.91 Å². The van der Waals surface area contributed by atoms with Gasteiger partial charge in [0.15, 0.2) is 11.5 Å². The van der Waals surface area contributed by atoms with Crippen molar-refractivity contribution in [2.45, 2.75) is 19.6 Å². The van der Waals surface area contributed by atoms with Crippen LogP contribution < -0.4 is 14.8 Å². The fraction of sp³-hybridized carbons (Fsp3) is 0.148. The number of hydrogen-bond donors (Lipinski definition) is 2. The number of nitrogens with zero attached hydrogens (tertiary/aromatic N) is 1. The van der Waals surface area contributed by atoms with Gasteiger partial charge in [-0.1, -0.05) is 42.5 Å². The molecule has 2 N–H and O–H groups in total. The minimum absolute atomic E-state index is 0.0547. The average Bonchev–Trinajstić information content (AvgIpc) is 2.86. The molecule has 0 saturated heterocycles. The summed E-state index contributed by atoms with van der Waals surface area (Å²) in [4.78, 5) is 23.9. The molecule has 3 aromatic carbocycles. The van der Waals surface area contributed by atoms with Crippen molar-refractivity contribution < 1.29 is 24.2 Å². The highest BCUT2D eigenvalue weighted by Gasteiger charge is 2.16. The molecule has 0 radical (unpaired) electrons. The number of nitriles is 1. The lowest BCUT2D eigenvalue weighted by molar-refractivity contribution is -0.117. The first-order valence-electron chi connectivity index (χ1n) is 10.6. The lowest BCUT2D eigenvalue weighted by Gasteiger charge is -2.15. The van der Waals surface area contributed by atoms with Gasteiger partial charge in [-0.3, -0.25) is 4.79 Å². The predicted octanol–water partition coefficient (Wildman–Crippen LogP) is 5.52. The number of ether oxygens (including phenoxy) is 2. The molecule has 0 spiro atoms. The first-order chi connectivity index (χ1) is 16.8. The van der Waals surface area contributed by atoms with E-state index in [2.05, 4.69) is 21.2 Å². The molecule has 0 aliphatic heterocycles. The van der Waals surface area contributed by atoms with E-state index in [1.807, 2.05) is 43.3 Å². The summed E-state index contributed by atoms with van der Waals surface area (Å²) in [5, 5.41) is 21.6. The minimum Gasteiger partial charge on any atom is -0.493 e. The average molecular weight is 535 g/mol. The number of amides is 1. The Morgan fingerprint density at radius 3 is 2.54 bits per heavy atom. The second-order valence-electron chi connectivity index (χ2n) is 7.60.